The van der Waals surface area contributed by atoms with Gasteiger partial charge in [-0.1, -0.05) is 29.8 Å². The summed E-state index contributed by atoms with van der Waals surface area (Å²) in [6.45, 7) is 1.66. The van der Waals surface area contributed by atoms with Gasteiger partial charge in [0.2, 0.25) is 5.95 Å². The van der Waals surface area contributed by atoms with Gasteiger partial charge >= 0.3 is 5.97 Å². The molecule has 0 spiro atoms. The van der Waals surface area contributed by atoms with Gasteiger partial charge in [-0.2, -0.15) is 5.26 Å². The molecule has 1 saturated heterocycles. The topological polar surface area (TPSA) is 152 Å². The molecule has 3 atom stereocenters. The fourth-order valence-corrected chi connectivity index (χ4v) is 5.43. The SMILES string of the molecule is N#Cc1cccc(-c2cc(-c3cn(Cc4cccc(C5CCCC5C(=O)O)n4)nn3)nc(N[C@@H]3CCOC3)n2)c1. The molecule has 0 radical (unpaired) electrons. The molecule has 4 aromatic rings. The molecule has 4 heterocycles. The van der Waals surface area contributed by atoms with E-state index < -0.39 is 5.97 Å². The number of ether oxygens (including phenoxy) is 1. The Morgan fingerprint density at radius 1 is 1.07 bits per heavy atom. The van der Waals surface area contributed by atoms with E-state index in [4.69, 9.17) is 19.7 Å². The Labute approximate surface area is 230 Å². The first-order valence-electron chi connectivity index (χ1n) is 13.4. The number of nitriles is 1. The van der Waals surface area contributed by atoms with Gasteiger partial charge in [0, 0.05) is 23.8 Å². The number of rotatable bonds is 8. The normalized spacial score (nSPS) is 20.3. The summed E-state index contributed by atoms with van der Waals surface area (Å²) in [6, 6.07) is 17.2. The molecule has 0 amide bonds. The van der Waals surface area contributed by atoms with Crippen LogP contribution in [0, 0.1) is 17.2 Å². The third-order valence-corrected chi connectivity index (χ3v) is 7.44. The number of carboxylic acid groups (broad SMARTS) is 1. The summed E-state index contributed by atoms with van der Waals surface area (Å²) in [7, 11) is 0. The highest BCUT2D eigenvalue weighted by Gasteiger charge is 2.34. The molecule has 11 heteroatoms. The van der Waals surface area contributed by atoms with Crippen LogP contribution in [0.1, 0.15) is 48.6 Å². The van der Waals surface area contributed by atoms with Gasteiger partial charge in [-0.05, 0) is 49.6 Å². The lowest BCUT2D eigenvalue weighted by Crippen LogP contribution is -2.20. The fraction of sp³-hybridized carbons (Fsp3) is 0.345. The van der Waals surface area contributed by atoms with E-state index in [1.807, 2.05) is 42.6 Å². The highest BCUT2D eigenvalue weighted by atomic mass is 16.5. The van der Waals surface area contributed by atoms with Crippen LogP contribution < -0.4 is 5.32 Å². The molecule has 1 aromatic carbocycles. The van der Waals surface area contributed by atoms with Crippen molar-refractivity contribution >= 4 is 11.9 Å². The number of nitrogens with zero attached hydrogens (tertiary/aromatic N) is 7. The van der Waals surface area contributed by atoms with Crippen LogP contribution in [0.5, 0.6) is 0 Å². The summed E-state index contributed by atoms with van der Waals surface area (Å²) >= 11 is 0. The fourth-order valence-electron chi connectivity index (χ4n) is 5.43. The Morgan fingerprint density at radius 2 is 1.95 bits per heavy atom. The quantitative estimate of drug-likeness (QED) is 0.339. The van der Waals surface area contributed by atoms with Gasteiger partial charge in [-0.15, -0.1) is 5.10 Å². The van der Waals surface area contributed by atoms with Crippen molar-refractivity contribution in [1.82, 2.24) is 29.9 Å². The number of pyridine rings is 1. The van der Waals surface area contributed by atoms with Crippen LogP contribution in [-0.4, -0.2) is 60.3 Å². The second kappa shape index (κ2) is 11.2. The molecule has 1 saturated carbocycles. The lowest BCUT2D eigenvalue weighted by atomic mass is 9.92. The van der Waals surface area contributed by atoms with Crippen LogP contribution in [0.25, 0.3) is 22.6 Å². The third-order valence-electron chi connectivity index (χ3n) is 7.44. The first kappa shape index (κ1) is 25.6. The second-order valence-electron chi connectivity index (χ2n) is 10.2. The molecular weight excluding hydrogens is 508 g/mol. The Balaban J connectivity index is 1.27. The standard InChI is InChI=1S/C29H28N8O3/c30-14-18-4-1-5-19(12-18)25-13-26(34-29(33-25)32-21-10-11-40-17-21)27-16-37(36-35-27)15-20-6-2-9-24(31-20)22-7-3-8-23(22)28(38)39/h1-2,4-6,9,12-13,16,21-23H,3,7-8,10-11,15,17H2,(H,38,39)(H,32,33,34)/t21-,22?,23?/m1/s1. The zero-order valence-corrected chi connectivity index (χ0v) is 21.8. The predicted molar refractivity (Wildman–Crippen MR) is 145 cm³/mol. The largest absolute Gasteiger partial charge is 0.481 e. The van der Waals surface area contributed by atoms with Gasteiger partial charge in [0.05, 0.1) is 60.0 Å². The van der Waals surface area contributed by atoms with Crippen molar-refractivity contribution in [3.63, 3.8) is 0 Å². The van der Waals surface area contributed by atoms with Crippen LogP contribution in [0.3, 0.4) is 0 Å². The molecule has 3 aromatic heterocycles. The van der Waals surface area contributed by atoms with Crippen molar-refractivity contribution in [3.05, 3.63) is 71.7 Å². The minimum atomic E-state index is -0.756. The zero-order chi connectivity index (χ0) is 27.5. The first-order chi connectivity index (χ1) is 19.6. The Hall–Kier alpha value is -4.69. The van der Waals surface area contributed by atoms with E-state index >= 15 is 0 Å². The maximum atomic E-state index is 11.7. The smallest absolute Gasteiger partial charge is 0.307 e. The molecular formula is C29H28N8O3. The average Bonchev–Trinajstić information content (AvgIpc) is 3.76. The molecule has 2 unspecified atom stereocenters. The number of anilines is 1. The Morgan fingerprint density at radius 3 is 2.77 bits per heavy atom. The van der Waals surface area contributed by atoms with Gasteiger partial charge in [0.1, 0.15) is 5.69 Å². The van der Waals surface area contributed by atoms with Crippen molar-refractivity contribution in [2.45, 2.75) is 44.2 Å². The Kier molecular flexibility index (Phi) is 7.16. The maximum Gasteiger partial charge on any atom is 0.307 e. The monoisotopic (exact) mass is 536 g/mol. The van der Waals surface area contributed by atoms with E-state index in [-0.39, 0.29) is 17.9 Å². The van der Waals surface area contributed by atoms with Crippen LogP contribution in [0.15, 0.2) is 54.7 Å². The number of benzene rings is 1. The maximum absolute atomic E-state index is 11.7. The van der Waals surface area contributed by atoms with Crippen molar-refractivity contribution in [3.8, 4) is 28.7 Å². The summed E-state index contributed by atoms with van der Waals surface area (Å²) in [5.74, 6) is -0.758. The summed E-state index contributed by atoms with van der Waals surface area (Å²) in [5.41, 5.74) is 4.77. The van der Waals surface area contributed by atoms with E-state index in [0.29, 0.717) is 54.8 Å². The predicted octanol–water partition coefficient (Wildman–Crippen LogP) is 3.89. The molecule has 2 fully saturated rings. The number of carbonyl (C=O) groups is 1. The average molecular weight is 537 g/mol. The second-order valence-corrected chi connectivity index (χ2v) is 10.2. The van der Waals surface area contributed by atoms with Crippen LogP contribution in [0.4, 0.5) is 5.95 Å². The summed E-state index contributed by atoms with van der Waals surface area (Å²) < 4.78 is 7.19. The highest BCUT2D eigenvalue weighted by molar-refractivity contribution is 5.72. The number of nitrogens with one attached hydrogen (secondary N) is 1. The zero-order valence-electron chi connectivity index (χ0n) is 21.8. The van der Waals surface area contributed by atoms with Crippen LogP contribution in [0.2, 0.25) is 0 Å². The van der Waals surface area contributed by atoms with Gasteiger partial charge in [-0.25, -0.2) is 14.6 Å². The van der Waals surface area contributed by atoms with E-state index in [1.54, 1.807) is 16.8 Å². The van der Waals surface area contributed by atoms with E-state index in [2.05, 4.69) is 21.7 Å². The molecule has 11 nitrogen and oxygen atoms in total. The van der Waals surface area contributed by atoms with Gasteiger partial charge in [-0.3, -0.25) is 9.78 Å². The number of aromatic nitrogens is 6. The summed E-state index contributed by atoms with van der Waals surface area (Å²) in [5, 5.41) is 31.0. The molecule has 2 N–H and O–H groups in total. The summed E-state index contributed by atoms with van der Waals surface area (Å²) in [4.78, 5) is 25.9. The van der Waals surface area contributed by atoms with Gasteiger partial charge in [0.25, 0.3) is 0 Å². The number of hydrogen-bond donors (Lipinski definition) is 2. The van der Waals surface area contributed by atoms with E-state index in [1.165, 1.54) is 0 Å². The van der Waals surface area contributed by atoms with Gasteiger partial charge in [0.15, 0.2) is 0 Å². The molecule has 1 aliphatic heterocycles. The third kappa shape index (κ3) is 5.53. The van der Waals surface area contributed by atoms with Crippen LogP contribution >= 0.6 is 0 Å². The number of carboxylic acids is 1. The lowest BCUT2D eigenvalue weighted by molar-refractivity contribution is -0.142. The van der Waals surface area contributed by atoms with Crippen molar-refractivity contribution in [1.29, 1.82) is 5.26 Å². The minimum absolute atomic E-state index is 0.0704. The van der Waals surface area contributed by atoms with Gasteiger partial charge < -0.3 is 15.2 Å². The number of hydrogen-bond acceptors (Lipinski definition) is 9. The first-order valence-corrected chi connectivity index (χ1v) is 13.4. The van der Waals surface area contributed by atoms with Crippen molar-refractivity contribution in [2.24, 2.45) is 5.92 Å². The molecule has 6 rings (SSSR count). The molecule has 202 valence electrons. The molecule has 1 aliphatic carbocycles. The van der Waals surface area contributed by atoms with E-state index in [0.717, 1.165) is 36.2 Å². The highest BCUT2D eigenvalue weighted by Crippen LogP contribution is 2.39. The van der Waals surface area contributed by atoms with Crippen molar-refractivity contribution < 1.29 is 14.6 Å². The number of aliphatic carboxylic acids is 1. The molecule has 40 heavy (non-hydrogen) atoms. The van der Waals surface area contributed by atoms with Crippen molar-refractivity contribution in [2.75, 3.05) is 18.5 Å². The minimum Gasteiger partial charge on any atom is -0.481 e. The van der Waals surface area contributed by atoms with Crippen LogP contribution in [-0.2, 0) is 16.1 Å². The lowest BCUT2D eigenvalue weighted by Gasteiger charge is -2.15. The molecule has 0 bridgehead atoms. The summed E-state index contributed by atoms with van der Waals surface area (Å²) in [6.07, 6.45) is 5.09. The Bertz CT molecular complexity index is 1570. The van der Waals surface area contributed by atoms with E-state index in [9.17, 15) is 15.2 Å². The molecule has 2 aliphatic rings.